The van der Waals surface area contributed by atoms with E-state index in [4.69, 9.17) is 4.74 Å². The zero-order valence-electron chi connectivity index (χ0n) is 14.8. The van der Waals surface area contributed by atoms with Gasteiger partial charge in [-0.3, -0.25) is 4.79 Å². The van der Waals surface area contributed by atoms with Gasteiger partial charge in [0.2, 0.25) is 0 Å². The molecule has 1 amide bonds. The second kappa shape index (κ2) is 8.86. The van der Waals surface area contributed by atoms with Crippen molar-refractivity contribution in [1.29, 1.82) is 0 Å². The largest absolute Gasteiger partial charge is 0.452 e. The third kappa shape index (κ3) is 5.82. The number of nitrogens with one attached hydrogen (secondary N) is 1. The van der Waals surface area contributed by atoms with Crippen LogP contribution in [-0.4, -0.2) is 47.9 Å². The summed E-state index contributed by atoms with van der Waals surface area (Å²) in [7, 11) is 1.72. The second-order valence-corrected chi connectivity index (χ2v) is 7.16. The van der Waals surface area contributed by atoms with E-state index in [1.165, 1.54) is 11.5 Å². The molecule has 1 rings (SSSR count). The topological polar surface area (TPSA) is 71.5 Å². The van der Waals surface area contributed by atoms with E-state index in [0.717, 1.165) is 0 Å². The maximum atomic E-state index is 12.3. The first-order valence-corrected chi connectivity index (χ1v) is 8.62. The minimum atomic E-state index is -0.511. The Balaban J connectivity index is 2.68. The fraction of sp³-hybridized carbons (Fsp3) is 0.688. The second-order valence-electron chi connectivity index (χ2n) is 6.38. The van der Waals surface area contributed by atoms with Gasteiger partial charge in [0, 0.05) is 20.1 Å². The highest BCUT2D eigenvalue weighted by molar-refractivity contribution is 7.10. The van der Waals surface area contributed by atoms with Gasteiger partial charge in [-0.15, -0.1) is 0 Å². The molecule has 0 aliphatic rings. The molecule has 0 saturated heterocycles. The van der Waals surface area contributed by atoms with Crippen LogP contribution >= 0.6 is 11.5 Å². The number of aryl methyl sites for hydroxylation is 1. The molecule has 1 aromatic heterocycles. The average Bonchev–Trinajstić information content (AvgIpc) is 2.83. The quantitative estimate of drug-likeness (QED) is 0.736. The molecule has 1 heterocycles. The molecule has 0 radical (unpaired) electrons. The van der Waals surface area contributed by atoms with Crippen LogP contribution in [0.5, 0.6) is 0 Å². The van der Waals surface area contributed by atoms with Crippen LogP contribution in [0.2, 0.25) is 0 Å². The number of nitrogens with zero attached hydrogens (tertiary/aromatic N) is 2. The predicted molar refractivity (Wildman–Crippen MR) is 92.9 cm³/mol. The van der Waals surface area contributed by atoms with Gasteiger partial charge < -0.3 is 15.0 Å². The smallest absolute Gasteiger partial charge is 0.343 e. The standard InChI is InChI=1S/C16H27N3O3S/c1-10(2)7-19(8-11(3)4)13(20)9-22-16(21)14-12(5)18-23-15(14)17-6/h10-11,17H,7-9H2,1-6H3. The number of rotatable bonds is 8. The van der Waals surface area contributed by atoms with E-state index in [0.29, 0.717) is 41.2 Å². The highest BCUT2D eigenvalue weighted by Gasteiger charge is 2.22. The Hall–Kier alpha value is -1.63. The van der Waals surface area contributed by atoms with Gasteiger partial charge in [0.05, 0.1) is 5.69 Å². The first-order valence-electron chi connectivity index (χ1n) is 7.85. The van der Waals surface area contributed by atoms with Gasteiger partial charge in [-0.25, -0.2) is 4.79 Å². The highest BCUT2D eigenvalue weighted by atomic mass is 32.1. The van der Waals surface area contributed by atoms with Gasteiger partial charge in [0.15, 0.2) is 6.61 Å². The van der Waals surface area contributed by atoms with Crippen molar-refractivity contribution in [2.45, 2.75) is 34.6 Å². The van der Waals surface area contributed by atoms with Crippen LogP contribution in [0.4, 0.5) is 5.00 Å². The van der Waals surface area contributed by atoms with Gasteiger partial charge in [0.25, 0.3) is 5.91 Å². The number of aromatic nitrogens is 1. The maximum absolute atomic E-state index is 12.3. The molecule has 0 bridgehead atoms. The van der Waals surface area contributed by atoms with Crippen molar-refractivity contribution in [2.24, 2.45) is 11.8 Å². The summed E-state index contributed by atoms with van der Waals surface area (Å²) < 4.78 is 9.34. The number of carbonyl (C=O) groups is 2. The molecule has 7 heteroatoms. The maximum Gasteiger partial charge on any atom is 0.343 e. The summed E-state index contributed by atoms with van der Waals surface area (Å²) in [6.45, 7) is 11.1. The molecule has 0 aliphatic carbocycles. The van der Waals surface area contributed by atoms with Crippen molar-refractivity contribution in [3.63, 3.8) is 0 Å². The lowest BCUT2D eigenvalue weighted by molar-refractivity contribution is -0.135. The van der Waals surface area contributed by atoms with E-state index in [1.807, 2.05) is 0 Å². The number of esters is 1. The number of ether oxygens (including phenoxy) is 1. The molecule has 1 aromatic rings. The molecule has 130 valence electrons. The first-order chi connectivity index (χ1) is 10.8. The predicted octanol–water partition coefficient (Wildman–Crippen LogP) is 2.79. The molecule has 0 spiro atoms. The zero-order chi connectivity index (χ0) is 17.6. The molecular formula is C16H27N3O3S. The van der Waals surface area contributed by atoms with E-state index in [2.05, 4.69) is 37.4 Å². The van der Waals surface area contributed by atoms with Gasteiger partial charge in [-0.2, -0.15) is 4.37 Å². The molecule has 0 saturated carbocycles. The van der Waals surface area contributed by atoms with Gasteiger partial charge in [0.1, 0.15) is 10.6 Å². The van der Waals surface area contributed by atoms with Crippen LogP contribution in [0.25, 0.3) is 0 Å². The lowest BCUT2D eigenvalue weighted by Crippen LogP contribution is -2.39. The van der Waals surface area contributed by atoms with E-state index < -0.39 is 5.97 Å². The average molecular weight is 341 g/mol. The number of carbonyl (C=O) groups excluding carboxylic acids is 2. The van der Waals surface area contributed by atoms with Crippen molar-refractivity contribution >= 4 is 28.4 Å². The summed E-state index contributed by atoms with van der Waals surface area (Å²) in [5.41, 5.74) is 1.02. The van der Waals surface area contributed by atoms with Crippen molar-refractivity contribution in [1.82, 2.24) is 9.27 Å². The summed E-state index contributed by atoms with van der Waals surface area (Å²) in [5.74, 6) is 0.0656. The fourth-order valence-corrected chi connectivity index (χ4v) is 2.96. The Kier molecular flexibility index (Phi) is 7.48. The van der Waals surface area contributed by atoms with Crippen molar-refractivity contribution in [3.8, 4) is 0 Å². The number of amides is 1. The summed E-state index contributed by atoms with van der Waals surface area (Å²) in [4.78, 5) is 26.3. The number of hydrogen-bond acceptors (Lipinski definition) is 6. The van der Waals surface area contributed by atoms with Crippen LogP contribution in [0, 0.1) is 18.8 Å². The Morgan fingerprint density at radius 1 is 1.22 bits per heavy atom. The van der Waals surface area contributed by atoms with Gasteiger partial charge in [-0.1, -0.05) is 27.7 Å². The van der Waals surface area contributed by atoms with Crippen molar-refractivity contribution in [3.05, 3.63) is 11.3 Å². The van der Waals surface area contributed by atoms with Gasteiger partial charge in [-0.05, 0) is 30.3 Å². The molecule has 0 aliphatic heterocycles. The van der Waals surface area contributed by atoms with Crippen LogP contribution in [0.15, 0.2) is 0 Å². The van der Waals surface area contributed by atoms with E-state index in [1.54, 1.807) is 18.9 Å². The van der Waals surface area contributed by atoms with Crippen LogP contribution < -0.4 is 5.32 Å². The first kappa shape index (κ1) is 19.4. The summed E-state index contributed by atoms with van der Waals surface area (Å²) in [6.07, 6.45) is 0. The minimum absolute atomic E-state index is 0.160. The molecule has 0 fully saturated rings. The van der Waals surface area contributed by atoms with E-state index in [9.17, 15) is 9.59 Å². The molecule has 1 N–H and O–H groups in total. The fourth-order valence-electron chi connectivity index (χ4n) is 2.23. The van der Waals surface area contributed by atoms with Crippen molar-refractivity contribution < 1.29 is 14.3 Å². The molecular weight excluding hydrogens is 314 g/mol. The molecule has 0 atom stereocenters. The summed E-state index contributed by atoms with van der Waals surface area (Å²) >= 11 is 1.20. The SMILES string of the molecule is CNc1snc(C)c1C(=O)OCC(=O)N(CC(C)C)CC(C)C. The van der Waals surface area contributed by atoms with Crippen LogP contribution in [-0.2, 0) is 9.53 Å². The molecule has 6 nitrogen and oxygen atoms in total. The van der Waals surface area contributed by atoms with Gasteiger partial charge >= 0.3 is 5.97 Å². The third-order valence-corrected chi connectivity index (χ3v) is 4.10. The van der Waals surface area contributed by atoms with Crippen LogP contribution in [0.1, 0.15) is 43.7 Å². The number of hydrogen-bond donors (Lipinski definition) is 1. The Labute approximate surface area is 142 Å². The lowest BCUT2D eigenvalue weighted by Gasteiger charge is -2.26. The van der Waals surface area contributed by atoms with E-state index in [-0.39, 0.29) is 12.5 Å². The normalized spacial score (nSPS) is 11.0. The molecule has 0 aromatic carbocycles. The molecule has 0 unspecified atom stereocenters. The van der Waals surface area contributed by atoms with Crippen LogP contribution in [0.3, 0.4) is 0 Å². The summed E-state index contributed by atoms with van der Waals surface area (Å²) in [5, 5.41) is 3.57. The monoisotopic (exact) mass is 341 g/mol. The minimum Gasteiger partial charge on any atom is -0.452 e. The Bertz CT molecular complexity index is 531. The van der Waals surface area contributed by atoms with Crippen molar-refractivity contribution in [2.75, 3.05) is 32.1 Å². The zero-order valence-corrected chi connectivity index (χ0v) is 15.6. The third-order valence-electron chi connectivity index (χ3n) is 3.14. The Morgan fingerprint density at radius 2 is 1.78 bits per heavy atom. The Morgan fingerprint density at radius 3 is 2.26 bits per heavy atom. The highest BCUT2D eigenvalue weighted by Crippen LogP contribution is 2.24. The lowest BCUT2D eigenvalue weighted by atomic mass is 10.1. The molecule has 23 heavy (non-hydrogen) atoms. The number of anilines is 1. The van der Waals surface area contributed by atoms with E-state index >= 15 is 0 Å². The summed E-state index contributed by atoms with van der Waals surface area (Å²) in [6, 6.07) is 0.